The van der Waals surface area contributed by atoms with Crippen molar-refractivity contribution in [3.63, 3.8) is 0 Å². The number of aliphatic hydroxyl groups is 1. The molecule has 1 unspecified atom stereocenters. The molecule has 0 spiro atoms. The van der Waals surface area contributed by atoms with E-state index in [0.717, 1.165) is 6.42 Å². The van der Waals surface area contributed by atoms with Crippen molar-refractivity contribution in [2.75, 3.05) is 25.5 Å². The van der Waals surface area contributed by atoms with Crippen molar-refractivity contribution in [2.24, 2.45) is 0 Å². The summed E-state index contributed by atoms with van der Waals surface area (Å²) in [7, 11) is 1.44. The summed E-state index contributed by atoms with van der Waals surface area (Å²) >= 11 is 0. The normalized spacial score (nSPS) is 18.2. The van der Waals surface area contributed by atoms with Crippen molar-refractivity contribution < 1.29 is 24.5 Å². The van der Waals surface area contributed by atoms with E-state index in [9.17, 15) is 14.7 Å². The molecule has 1 aliphatic heterocycles. The maximum atomic E-state index is 12.2. The number of rotatable bonds is 3. The van der Waals surface area contributed by atoms with E-state index in [1.165, 1.54) is 30.2 Å². The molecule has 2 rings (SSSR count). The number of aromatic carboxylic acids is 1. The van der Waals surface area contributed by atoms with Crippen molar-refractivity contribution in [3.05, 3.63) is 23.8 Å². The minimum atomic E-state index is -1.08. The number of urea groups is 1. The molecule has 0 radical (unpaired) electrons. The number of amides is 2. The lowest BCUT2D eigenvalue weighted by Crippen LogP contribution is -2.44. The van der Waals surface area contributed by atoms with E-state index in [0.29, 0.717) is 24.4 Å². The smallest absolute Gasteiger partial charge is 0.335 e. The number of nitrogens with one attached hydrogen (secondary N) is 1. The van der Waals surface area contributed by atoms with Crippen LogP contribution in [0.3, 0.4) is 0 Å². The molecular formula is C14H18N2O5. The molecular weight excluding hydrogens is 276 g/mol. The van der Waals surface area contributed by atoms with Gasteiger partial charge in [-0.3, -0.25) is 0 Å². The minimum absolute atomic E-state index is 0.0600. The third-order valence-electron chi connectivity index (χ3n) is 3.37. The number of ether oxygens (including phenoxy) is 1. The summed E-state index contributed by atoms with van der Waals surface area (Å²) in [6.45, 7) is 0.830. The van der Waals surface area contributed by atoms with Crippen LogP contribution >= 0.6 is 0 Å². The standard InChI is InChI=1S/C14H18N2O5/c1-21-12-5-4-9(13(18)19)7-11(12)15-14(20)16-6-2-3-10(17)8-16/h4-5,7,10,17H,2-3,6,8H2,1H3,(H,15,20)(H,18,19). The molecule has 2 amide bonds. The molecule has 0 bridgehead atoms. The van der Waals surface area contributed by atoms with Crippen molar-refractivity contribution >= 4 is 17.7 Å². The lowest BCUT2D eigenvalue weighted by molar-refractivity contribution is 0.0697. The third kappa shape index (κ3) is 3.63. The maximum absolute atomic E-state index is 12.2. The quantitative estimate of drug-likeness (QED) is 0.782. The monoisotopic (exact) mass is 294 g/mol. The molecule has 1 heterocycles. The first-order valence-electron chi connectivity index (χ1n) is 6.66. The highest BCUT2D eigenvalue weighted by Crippen LogP contribution is 2.26. The lowest BCUT2D eigenvalue weighted by atomic mass is 10.1. The van der Waals surface area contributed by atoms with E-state index < -0.39 is 12.1 Å². The van der Waals surface area contributed by atoms with Gasteiger partial charge in [-0.05, 0) is 31.0 Å². The van der Waals surface area contributed by atoms with Gasteiger partial charge in [0.25, 0.3) is 0 Å². The number of hydrogen-bond donors (Lipinski definition) is 3. The van der Waals surface area contributed by atoms with Gasteiger partial charge in [-0.15, -0.1) is 0 Å². The topological polar surface area (TPSA) is 99.1 Å². The summed E-state index contributed by atoms with van der Waals surface area (Å²) < 4.78 is 5.11. The van der Waals surface area contributed by atoms with E-state index in [2.05, 4.69) is 5.32 Å². The van der Waals surface area contributed by atoms with Gasteiger partial charge in [0.1, 0.15) is 5.75 Å². The fraction of sp³-hybridized carbons (Fsp3) is 0.429. The predicted molar refractivity (Wildman–Crippen MR) is 75.8 cm³/mol. The highest BCUT2D eigenvalue weighted by atomic mass is 16.5. The second-order valence-corrected chi connectivity index (χ2v) is 4.89. The number of β-amino-alcohol motifs (C(OH)–C–C–N with tert-alkyl or cyclic N) is 1. The van der Waals surface area contributed by atoms with Crippen LogP contribution in [0, 0.1) is 0 Å². The SMILES string of the molecule is COc1ccc(C(=O)O)cc1NC(=O)N1CCCC(O)C1. The highest BCUT2D eigenvalue weighted by Gasteiger charge is 2.23. The molecule has 0 aromatic heterocycles. The number of carboxylic acids is 1. The van der Waals surface area contributed by atoms with Crippen molar-refractivity contribution in [1.82, 2.24) is 4.90 Å². The minimum Gasteiger partial charge on any atom is -0.495 e. The second kappa shape index (κ2) is 6.45. The highest BCUT2D eigenvalue weighted by molar-refractivity contribution is 5.94. The van der Waals surface area contributed by atoms with Gasteiger partial charge < -0.3 is 25.2 Å². The van der Waals surface area contributed by atoms with Crippen LogP contribution in [0.1, 0.15) is 23.2 Å². The Morgan fingerprint density at radius 1 is 1.43 bits per heavy atom. The third-order valence-corrected chi connectivity index (χ3v) is 3.37. The molecule has 1 atom stereocenters. The molecule has 3 N–H and O–H groups in total. The Morgan fingerprint density at radius 3 is 2.81 bits per heavy atom. The van der Waals surface area contributed by atoms with Crippen molar-refractivity contribution in [1.29, 1.82) is 0 Å². The van der Waals surface area contributed by atoms with E-state index >= 15 is 0 Å². The zero-order valence-electron chi connectivity index (χ0n) is 11.7. The Labute approximate surface area is 122 Å². The summed E-state index contributed by atoms with van der Waals surface area (Å²) in [5.41, 5.74) is 0.354. The summed E-state index contributed by atoms with van der Waals surface area (Å²) in [4.78, 5) is 24.7. The number of likely N-dealkylation sites (tertiary alicyclic amines) is 1. The van der Waals surface area contributed by atoms with E-state index in [1.54, 1.807) is 0 Å². The number of piperidine rings is 1. The van der Waals surface area contributed by atoms with E-state index in [4.69, 9.17) is 9.84 Å². The fourth-order valence-electron chi connectivity index (χ4n) is 2.27. The average molecular weight is 294 g/mol. The van der Waals surface area contributed by atoms with Crippen LogP contribution in [0.5, 0.6) is 5.75 Å². The number of hydrogen-bond acceptors (Lipinski definition) is 4. The van der Waals surface area contributed by atoms with Crippen LogP contribution in [0.25, 0.3) is 0 Å². The summed E-state index contributed by atoms with van der Waals surface area (Å²) in [6, 6.07) is 3.86. The summed E-state index contributed by atoms with van der Waals surface area (Å²) in [6.07, 6.45) is 0.902. The fourth-order valence-corrected chi connectivity index (χ4v) is 2.27. The molecule has 0 aliphatic carbocycles. The van der Waals surface area contributed by atoms with Crippen LogP contribution in [0.15, 0.2) is 18.2 Å². The molecule has 7 heteroatoms. The molecule has 7 nitrogen and oxygen atoms in total. The van der Waals surface area contributed by atoms with Crippen LogP contribution < -0.4 is 10.1 Å². The molecule has 0 saturated carbocycles. The van der Waals surface area contributed by atoms with E-state index in [-0.39, 0.29) is 18.1 Å². The van der Waals surface area contributed by atoms with Crippen molar-refractivity contribution in [2.45, 2.75) is 18.9 Å². The largest absolute Gasteiger partial charge is 0.495 e. The molecule has 1 aromatic carbocycles. The number of nitrogens with zero attached hydrogens (tertiary/aromatic N) is 1. The number of aliphatic hydroxyl groups excluding tert-OH is 1. The first-order chi connectivity index (χ1) is 10.0. The second-order valence-electron chi connectivity index (χ2n) is 4.89. The molecule has 1 saturated heterocycles. The van der Waals surface area contributed by atoms with Gasteiger partial charge in [-0.2, -0.15) is 0 Å². The van der Waals surface area contributed by atoms with Crippen molar-refractivity contribution in [3.8, 4) is 5.75 Å². The first-order valence-corrected chi connectivity index (χ1v) is 6.66. The zero-order chi connectivity index (χ0) is 15.4. The Bertz CT molecular complexity index is 546. The maximum Gasteiger partial charge on any atom is 0.335 e. The summed E-state index contributed by atoms with van der Waals surface area (Å²) in [5.74, 6) is -0.701. The Balaban J connectivity index is 2.15. The van der Waals surface area contributed by atoms with Gasteiger partial charge in [0.15, 0.2) is 0 Å². The predicted octanol–water partition coefficient (Wildman–Crippen LogP) is 1.38. The van der Waals surface area contributed by atoms with Crippen LogP contribution in [0.2, 0.25) is 0 Å². The van der Waals surface area contributed by atoms with Gasteiger partial charge in [0.05, 0.1) is 24.5 Å². The van der Waals surface area contributed by atoms with Gasteiger partial charge >= 0.3 is 12.0 Å². The van der Waals surface area contributed by atoms with Gasteiger partial charge in [0, 0.05) is 13.1 Å². The van der Waals surface area contributed by atoms with Gasteiger partial charge in [0.2, 0.25) is 0 Å². The number of carboxylic acid groups (broad SMARTS) is 1. The molecule has 1 aliphatic rings. The number of anilines is 1. The van der Waals surface area contributed by atoms with Gasteiger partial charge in [-0.25, -0.2) is 9.59 Å². The average Bonchev–Trinajstić information content (AvgIpc) is 2.47. The Kier molecular flexibility index (Phi) is 4.64. The summed E-state index contributed by atoms with van der Waals surface area (Å²) in [5, 5.41) is 21.2. The van der Waals surface area contributed by atoms with Crippen LogP contribution in [-0.4, -0.2) is 53.4 Å². The zero-order valence-corrected chi connectivity index (χ0v) is 11.7. The van der Waals surface area contributed by atoms with Crippen LogP contribution in [0.4, 0.5) is 10.5 Å². The Hall–Kier alpha value is -2.28. The number of benzene rings is 1. The molecule has 1 fully saturated rings. The molecule has 21 heavy (non-hydrogen) atoms. The van der Waals surface area contributed by atoms with Crippen LogP contribution in [-0.2, 0) is 0 Å². The number of methoxy groups -OCH3 is 1. The van der Waals surface area contributed by atoms with E-state index in [1.807, 2.05) is 0 Å². The molecule has 114 valence electrons. The Morgan fingerprint density at radius 2 is 2.19 bits per heavy atom. The lowest BCUT2D eigenvalue weighted by Gasteiger charge is -2.30. The first kappa shape index (κ1) is 15.1. The number of carbonyl (C=O) groups is 2. The van der Waals surface area contributed by atoms with Gasteiger partial charge in [-0.1, -0.05) is 0 Å². The molecule has 1 aromatic rings. The number of carbonyl (C=O) groups excluding carboxylic acids is 1.